The normalized spacial score (nSPS) is 16.0. The molecule has 6 nitrogen and oxygen atoms in total. The van der Waals surface area contributed by atoms with E-state index < -0.39 is 10.0 Å². The van der Waals surface area contributed by atoms with Crippen molar-refractivity contribution in [3.05, 3.63) is 58.6 Å². The van der Waals surface area contributed by atoms with Crippen molar-refractivity contribution in [2.75, 3.05) is 26.2 Å². The van der Waals surface area contributed by atoms with Crippen molar-refractivity contribution < 1.29 is 18.3 Å². The number of sulfonamides is 1. The number of piperazine rings is 1. The van der Waals surface area contributed by atoms with Gasteiger partial charge in [-0.25, -0.2) is 8.42 Å². The highest BCUT2D eigenvalue weighted by molar-refractivity contribution is 9.10. The maximum absolute atomic E-state index is 12.8. The summed E-state index contributed by atoms with van der Waals surface area (Å²) in [6.07, 6.45) is 0. The Morgan fingerprint density at radius 3 is 2.20 bits per heavy atom. The second-order valence-corrected chi connectivity index (χ2v) is 8.40. The zero-order chi connectivity index (χ0) is 18.0. The number of rotatable bonds is 3. The Hall–Kier alpha value is -1.90. The third-order valence-electron chi connectivity index (χ3n) is 4.11. The van der Waals surface area contributed by atoms with Crippen LogP contribution in [0.4, 0.5) is 0 Å². The molecule has 3 rings (SSSR count). The molecule has 0 radical (unpaired) electrons. The molecule has 132 valence electrons. The van der Waals surface area contributed by atoms with Gasteiger partial charge in [0.05, 0.1) is 10.5 Å². The highest BCUT2D eigenvalue weighted by Gasteiger charge is 2.31. The molecule has 0 bridgehead atoms. The summed E-state index contributed by atoms with van der Waals surface area (Å²) >= 11 is 3.27. The number of aromatic hydroxyl groups is 1. The lowest BCUT2D eigenvalue weighted by atomic mass is 10.1. The molecule has 0 atom stereocenters. The van der Waals surface area contributed by atoms with Crippen molar-refractivity contribution in [3.8, 4) is 5.75 Å². The number of halogens is 1. The first-order valence-electron chi connectivity index (χ1n) is 7.73. The highest BCUT2D eigenvalue weighted by Crippen LogP contribution is 2.26. The van der Waals surface area contributed by atoms with Gasteiger partial charge >= 0.3 is 0 Å². The van der Waals surface area contributed by atoms with E-state index in [0.29, 0.717) is 4.47 Å². The molecule has 1 aliphatic rings. The van der Waals surface area contributed by atoms with Crippen LogP contribution in [0.5, 0.6) is 5.75 Å². The average molecular weight is 425 g/mol. The van der Waals surface area contributed by atoms with Crippen molar-refractivity contribution in [1.29, 1.82) is 0 Å². The number of carbonyl (C=O) groups excluding carboxylic acids is 1. The number of hydrogen-bond donors (Lipinski definition) is 1. The van der Waals surface area contributed by atoms with E-state index in [4.69, 9.17) is 0 Å². The quantitative estimate of drug-likeness (QED) is 0.819. The number of amides is 1. The Balaban J connectivity index is 1.73. The minimum Gasteiger partial charge on any atom is -0.507 e. The average Bonchev–Trinajstić information content (AvgIpc) is 2.62. The fourth-order valence-corrected chi connectivity index (χ4v) is 5.14. The van der Waals surface area contributed by atoms with Gasteiger partial charge in [0, 0.05) is 30.7 Å². The minimum atomic E-state index is -3.62. The molecule has 1 saturated heterocycles. The van der Waals surface area contributed by atoms with Gasteiger partial charge in [0.15, 0.2) is 0 Å². The Bertz CT molecular complexity index is 893. The van der Waals surface area contributed by atoms with Gasteiger partial charge in [-0.1, -0.05) is 24.3 Å². The van der Waals surface area contributed by atoms with E-state index in [1.165, 1.54) is 10.4 Å². The first kappa shape index (κ1) is 17.9. The number of carbonyl (C=O) groups is 1. The van der Waals surface area contributed by atoms with Crippen LogP contribution in [0.1, 0.15) is 10.4 Å². The lowest BCUT2D eigenvalue weighted by molar-refractivity contribution is 0.0695. The third kappa shape index (κ3) is 3.56. The maximum Gasteiger partial charge on any atom is 0.257 e. The summed E-state index contributed by atoms with van der Waals surface area (Å²) < 4.78 is 27.4. The maximum atomic E-state index is 12.8. The van der Waals surface area contributed by atoms with Crippen LogP contribution < -0.4 is 0 Å². The smallest absolute Gasteiger partial charge is 0.257 e. The number of para-hydroxylation sites is 1. The van der Waals surface area contributed by atoms with E-state index in [0.717, 1.165) is 0 Å². The summed E-state index contributed by atoms with van der Waals surface area (Å²) in [5.74, 6) is -0.369. The Kier molecular flexibility index (Phi) is 5.12. The van der Waals surface area contributed by atoms with Crippen molar-refractivity contribution >= 4 is 31.9 Å². The SMILES string of the molecule is O=C(c1ccccc1O)N1CCN(S(=O)(=O)c2ccccc2Br)CC1. The molecule has 0 saturated carbocycles. The zero-order valence-corrected chi connectivity index (χ0v) is 15.7. The molecule has 2 aromatic carbocycles. The summed E-state index contributed by atoms with van der Waals surface area (Å²) in [6.45, 7) is 0.972. The first-order valence-corrected chi connectivity index (χ1v) is 9.96. The van der Waals surface area contributed by atoms with E-state index in [-0.39, 0.29) is 48.3 Å². The molecular formula is C17H17BrN2O4S. The Morgan fingerprint density at radius 1 is 0.960 bits per heavy atom. The Morgan fingerprint density at radius 2 is 1.56 bits per heavy atom. The van der Waals surface area contributed by atoms with Crippen LogP contribution in [0, 0.1) is 0 Å². The molecule has 1 amide bonds. The van der Waals surface area contributed by atoms with Gasteiger partial charge in [-0.05, 0) is 40.2 Å². The van der Waals surface area contributed by atoms with Crippen molar-refractivity contribution in [1.82, 2.24) is 9.21 Å². The topological polar surface area (TPSA) is 77.9 Å². The van der Waals surface area contributed by atoms with Crippen LogP contribution >= 0.6 is 15.9 Å². The molecule has 8 heteroatoms. The molecule has 0 spiro atoms. The molecule has 1 heterocycles. The van der Waals surface area contributed by atoms with E-state index >= 15 is 0 Å². The van der Waals surface area contributed by atoms with E-state index in [2.05, 4.69) is 15.9 Å². The van der Waals surface area contributed by atoms with E-state index in [1.807, 2.05) is 0 Å². The fourth-order valence-electron chi connectivity index (χ4n) is 2.75. The van der Waals surface area contributed by atoms with Gasteiger partial charge in [0.25, 0.3) is 5.91 Å². The first-order chi connectivity index (χ1) is 11.9. The van der Waals surface area contributed by atoms with Gasteiger partial charge < -0.3 is 10.0 Å². The van der Waals surface area contributed by atoms with Gasteiger partial charge in [-0.15, -0.1) is 0 Å². The molecule has 2 aromatic rings. The van der Waals surface area contributed by atoms with Gasteiger partial charge in [-0.3, -0.25) is 4.79 Å². The Labute approximate surface area is 154 Å². The molecule has 25 heavy (non-hydrogen) atoms. The molecular weight excluding hydrogens is 408 g/mol. The van der Waals surface area contributed by atoms with Crippen molar-refractivity contribution in [2.24, 2.45) is 0 Å². The fraction of sp³-hybridized carbons (Fsp3) is 0.235. The summed E-state index contributed by atoms with van der Waals surface area (Å²) in [7, 11) is -3.62. The zero-order valence-electron chi connectivity index (χ0n) is 13.3. The van der Waals surface area contributed by atoms with Crippen LogP contribution in [0.15, 0.2) is 57.9 Å². The number of phenols is 1. The number of hydrogen-bond acceptors (Lipinski definition) is 4. The largest absolute Gasteiger partial charge is 0.507 e. The van der Waals surface area contributed by atoms with Crippen molar-refractivity contribution in [3.63, 3.8) is 0 Å². The molecule has 1 N–H and O–H groups in total. The number of phenolic OH excluding ortho intramolecular Hbond substituents is 1. The lowest BCUT2D eigenvalue weighted by Gasteiger charge is -2.34. The predicted molar refractivity (Wildman–Crippen MR) is 96.9 cm³/mol. The van der Waals surface area contributed by atoms with Crippen LogP contribution in [0.25, 0.3) is 0 Å². The molecule has 1 fully saturated rings. The predicted octanol–water partition coefficient (Wildman–Crippen LogP) is 2.30. The molecule has 1 aliphatic heterocycles. The van der Waals surface area contributed by atoms with E-state index in [9.17, 15) is 18.3 Å². The van der Waals surface area contributed by atoms with Gasteiger partial charge in [-0.2, -0.15) is 4.31 Å². The summed E-state index contributed by atoms with van der Waals surface area (Å²) in [5.41, 5.74) is 0.226. The van der Waals surface area contributed by atoms with Crippen LogP contribution in [-0.4, -0.2) is 54.8 Å². The summed E-state index contributed by atoms with van der Waals surface area (Å²) in [4.78, 5) is 14.3. The molecule has 0 unspecified atom stereocenters. The second kappa shape index (κ2) is 7.15. The lowest BCUT2D eigenvalue weighted by Crippen LogP contribution is -2.50. The van der Waals surface area contributed by atoms with Crippen LogP contribution in [0.3, 0.4) is 0 Å². The summed E-state index contributed by atoms with van der Waals surface area (Å²) in [6, 6.07) is 13.0. The van der Waals surface area contributed by atoms with Gasteiger partial charge in [0.1, 0.15) is 5.75 Å². The highest BCUT2D eigenvalue weighted by atomic mass is 79.9. The van der Waals surface area contributed by atoms with Crippen LogP contribution in [0.2, 0.25) is 0 Å². The number of benzene rings is 2. The summed E-state index contributed by atoms with van der Waals surface area (Å²) in [5, 5.41) is 9.81. The molecule has 0 aromatic heterocycles. The van der Waals surface area contributed by atoms with Gasteiger partial charge in [0.2, 0.25) is 10.0 Å². The van der Waals surface area contributed by atoms with Crippen molar-refractivity contribution in [2.45, 2.75) is 4.90 Å². The van der Waals surface area contributed by atoms with E-state index in [1.54, 1.807) is 47.4 Å². The third-order valence-corrected chi connectivity index (χ3v) is 7.03. The molecule has 0 aliphatic carbocycles. The second-order valence-electron chi connectivity index (χ2n) is 5.64. The monoisotopic (exact) mass is 424 g/mol. The van der Waals surface area contributed by atoms with Crippen LogP contribution in [-0.2, 0) is 10.0 Å². The number of nitrogens with zero attached hydrogens (tertiary/aromatic N) is 2. The minimum absolute atomic E-state index is 0.0734. The standard InChI is InChI=1S/C17H17BrN2O4S/c18-14-6-2-4-8-16(14)25(23,24)20-11-9-19(10-12-20)17(22)13-5-1-3-7-15(13)21/h1-8,21H,9-12H2.